The first kappa shape index (κ1) is 14.8. The monoisotopic (exact) mass is 301 g/mol. The fourth-order valence-corrected chi connectivity index (χ4v) is 1.85. The van der Waals surface area contributed by atoms with Crippen LogP contribution in [0.5, 0.6) is 0 Å². The van der Waals surface area contributed by atoms with E-state index in [1.807, 2.05) is 36.4 Å². The maximum absolute atomic E-state index is 11.4. The van der Waals surface area contributed by atoms with Crippen LogP contribution in [0, 0.1) is 0 Å². The van der Waals surface area contributed by atoms with Gasteiger partial charge in [0.2, 0.25) is 5.91 Å². The number of carboxylic acid groups (broad SMARTS) is 1. The van der Waals surface area contributed by atoms with Gasteiger partial charge >= 0.3 is 5.97 Å². The van der Waals surface area contributed by atoms with Crippen molar-refractivity contribution in [1.29, 1.82) is 0 Å². The summed E-state index contributed by atoms with van der Waals surface area (Å²) < 4.78 is 0. The van der Waals surface area contributed by atoms with Gasteiger partial charge < -0.3 is 10.4 Å². The summed E-state index contributed by atoms with van der Waals surface area (Å²) >= 11 is 5.84. The molecule has 21 heavy (non-hydrogen) atoms. The van der Waals surface area contributed by atoms with E-state index in [9.17, 15) is 9.59 Å². The number of halogens is 1. The van der Waals surface area contributed by atoms with Gasteiger partial charge in [0.25, 0.3) is 0 Å². The Bertz CT molecular complexity index is 676. The highest BCUT2D eigenvalue weighted by molar-refractivity contribution is 6.30. The molecular formula is C16H12ClNO3. The molecule has 0 aliphatic carbocycles. The molecule has 0 bridgehead atoms. The van der Waals surface area contributed by atoms with Crippen molar-refractivity contribution in [3.05, 3.63) is 65.7 Å². The van der Waals surface area contributed by atoms with Crippen molar-refractivity contribution in [3.8, 4) is 11.1 Å². The van der Waals surface area contributed by atoms with Gasteiger partial charge in [0.1, 0.15) is 0 Å². The normalized spacial score (nSPS) is 10.5. The predicted molar refractivity (Wildman–Crippen MR) is 82.3 cm³/mol. The number of carboxylic acids is 1. The summed E-state index contributed by atoms with van der Waals surface area (Å²) in [5, 5.41) is 11.7. The third-order valence-corrected chi connectivity index (χ3v) is 2.96. The zero-order valence-electron chi connectivity index (χ0n) is 10.9. The minimum Gasteiger partial charge on any atom is -0.478 e. The fraction of sp³-hybridized carbons (Fsp3) is 0. The lowest BCUT2D eigenvalue weighted by Crippen LogP contribution is -2.08. The van der Waals surface area contributed by atoms with E-state index >= 15 is 0 Å². The smallest absolute Gasteiger partial charge is 0.328 e. The quantitative estimate of drug-likeness (QED) is 0.848. The summed E-state index contributed by atoms with van der Waals surface area (Å²) in [6, 6.07) is 14.6. The molecule has 5 heteroatoms. The van der Waals surface area contributed by atoms with Crippen LogP contribution in [0.4, 0.5) is 5.69 Å². The van der Waals surface area contributed by atoms with Crippen molar-refractivity contribution in [3.63, 3.8) is 0 Å². The average molecular weight is 302 g/mol. The Morgan fingerprint density at radius 2 is 1.43 bits per heavy atom. The van der Waals surface area contributed by atoms with Gasteiger partial charge in [-0.2, -0.15) is 0 Å². The Kier molecular flexibility index (Phi) is 4.74. The highest BCUT2D eigenvalue weighted by atomic mass is 35.5. The van der Waals surface area contributed by atoms with Gasteiger partial charge in [-0.1, -0.05) is 35.9 Å². The van der Waals surface area contributed by atoms with E-state index in [0.29, 0.717) is 10.7 Å². The number of carbonyl (C=O) groups is 2. The molecule has 0 aliphatic heterocycles. The number of nitrogens with one attached hydrogen (secondary N) is 1. The number of amides is 1. The summed E-state index contributed by atoms with van der Waals surface area (Å²) in [4.78, 5) is 21.7. The minimum absolute atomic E-state index is 0.489. The summed E-state index contributed by atoms with van der Waals surface area (Å²) in [6.45, 7) is 0. The molecule has 0 unspecified atom stereocenters. The Morgan fingerprint density at radius 1 is 0.905 bits per heavy atom. The molecule has 0 aliphatic rings. The highest BCUT2D eigenvalue weighted by Gasteiger charge is 2.01. The Hall–Kier alpha value is -2.59. The fourth-order valence-electron chi connectivity index (χ4n) is 1.72. The average Bonchev–Trinajstić information content (AvgIpc) is 2.47. The molecule has 4 nitrogen and oxygen atoms in total. The summed E-state index contributed by atoms with van der Waals surface area (Å²) in [5.41, 5.74) is 2.60. The van der Waals surface area contributed by atoms with E-state index in [1.54, 1.807) is 12.1 Å². The van der Waals surface area contributed by atoms with Gasteiger partial charge in [0, 0.05) is 22.9 Å². The predicted octanol–water partition coefficient (Wildman–Crippen LogP) is 3.59. The lowest BCUT2D eigenvalue weighted by Gasteiger charge is -2.05. The molecule has 0 heterocycles. The first-order valence-electron chi connectivity index (χ1n) is 6.12. The molecule has 0 saturated carbocycles. The van der Waals surface area contributed by atoms with Crippen LogP contribution in [0.1, 0.15) is 0 Å². The summed E-state index contributed by atoms with van der Waals surface area (Å²) in [5.74, 6) is -1.65. The van der Waals surface area contributed by atoms with Crippen molar-refractivity contribution < 1.29 is 14.7 Å². The van der Waals surface area contributed by atoms with Crippen molar-refractivity contribution >= 4 is 29.2 Å². The van der Waals surface area contributed by atoms with Crippen molar-refractivity contribution in [2.75, 3.05) is 5.32 Å². The highest BCUT2D eigenvalue weighted by Crippen LogP contribution is 2.23. The molecule has 0 atom stereocenters. The molecule has 2 aromatic rings. The number of rotatable bonds is 4. The van der Waals surface area contributed by atoms with Crippen LogP contribution < -0.4 is 5.32 Å². The van der Waals surface area contributed by atoms with Gasteiger partial charge in [-0.25, -0.2) is 4.79 Å². The van der Waals surface area contributed by atoms with Crippen LogP contribution in [0.2, 0.25) is 5.02 Å². The largest absolute Gasteiger partial charge is 0.478 e. The number of benzene rings is 2. The van der Waals surface area contributed by atoms with Crippen molar-refractivity contribution in [1.82, 2.24) is 0 Å². The van der Waals surface area contributed by atoms with Crippen molar-refractivity contribution in [2.45, 2.75) is 0 Å². The van der Waals surface area contributed by atoms with Crippen molar-refractivity contribution in [2.24, 2.45) is 0 Å². The molecule has 0 radical (unpaired) electrons. The topological polar surface area (TPSA) is 66.4 Å². The van der Waals surface area contributed by atoms with E-state index in [1.165, 1.54) is 0 Å². The molecule has 0 spiro atoms. The Morgan fingerprint density at radius 3 is 1.95 bits per heavy atom. The third kappa shape index (κ3) is 4.47. The maximum Gasteiger partial charge on any atom is 0.328 e. The standard InChI is InChI=1S/C16H12ClNO3/c17-13-5-1-11(2-6-13)12-3-7-14(8-4-12)18-15(19)9-10-16(20)21/h1-10H,(H,18,19)(H,20,21)/b10-9+. The van der Waals surface area contributed by atoms with Gasteiger partial charge in [-0.05, 0) is 35.4 Å². The zero-order chi connectivity index (χ0) is 15.2. The number of hydrogen-bond acceptors (Lipinski definition) is 2. The molecule has 0 aromatic heterocycles. The second-order valence-corrected chi connectivity index (χ2v) is 4.68. The molecule has 2 rings (SSSR count). The maximum atomic E-state index is 11.4. The van der Waals surface area contributed by atoms with Gasteiger partial charge in [-0.15, -0.1) is 0 Å². The minimum atomic E-state index is -1.16. The number of aliphatic carboxylic acids is 1. The van der Waals surface area contributed by atoms with E-state index < -0.39 is 11.9 Å². The van der Waals surface area contributed by atoms with E-state index in [2.05, 4.69) is 5.32 Å². The summed E-state index contributed by atoms with van der Waals surface area (Å²) in [7, 11) is 0. The van der Waals surface area contributed by atoms with Crippen LogP contribution in [-0.2, 0) is 9.59 Å². The summed E-state index contributed by atoms with van der Waals surface area (Å²) in [6.07, 6.45) is 1.76. The van der Waals surface area contributed by atoms with E-state index in [4.69, 9.17) is 16.7 Å². The second-order valence-electron chi connectivity index (χ2n) is 4.25. The molecule has 1 amide bonds. The van der Waals surface area contributed by atoms with Crippen LogP contribution in [0.3, 0.4) is 0 Å². The van der Waals surface area contributed by atoms with E-state index in [0.717, 1.165) is 23.3 Å². The Labute approximate surface area is 126 Å². The lowest BCUT2D eigenvalue weighted by molar-refractivity contribution is -0.131. The van der Waals surface area contributed by atoms with Crippen LogP contribution in [-0.4, -0.2) is 17.0 Å². The molecule has 106 valence electrons. The third-order valence-electron chi connectivity index (χ3n) is 2.71. The lowest BCUT2D eigenvalue weighted by atomic mass is 10.1. The van der Waals surface area contributed by atoms with Gasteiger partial charge in [0.15, 0.2) is 0 Å². The Balaban J connectivity index is 2.07. The molecule has 2 N–H and O–H groups in total. The van der Waals surface area contributed by atoms with Crippen LogP contribution >= 0.6 is 11.6 Å². The molecule has 0 fully saturated rings. The molecule has 2 aromatic carbocycles. The number of carbonyl (C=O) groups excluding carboxylic acids is 1. The van der Waals surface area contributed by atoms with Gasteiger partial charge in [-0.3, -0.25) is 4.79 Å². The first-order valence-corrected chi connectivity index (χ1v) is 6.50. The SMILES string of the molecule is O=C(O)/C=C/C(=O)Nc1ccc(-c2ccc(Cl)cc2)cc1. The molecular weight excluding hydrogens is 290 g/mol. The second kappa shape index (κ2) is 6.72. The van der Waals surface area contributed by atoms with Crippen LogP contribution in [0.15, 0.2) is 60.7 Å². The molecule has 0 saturated heterocycles. The van der Waals surface area contributed by atoms with Crippen LogP contribution in [0.25, 0.3) is 11.1 Å². The number of anilines is 1. The van der Waals surface area contributed by atoms with E-state index in [-0.39, 0.29) is 0 Å². The zero-order valence-corrected chi connectivity index (χ0v) is 11.7. The van der Waals surface area contributed by atoms with Gasteiger partial charge in [0.05, 0.1) is 0 Å². The number of hydrogen-bond donors (Lipinski definition) is 2. The first-order chi connectivity index (χ1) is 10.0.